The molecule has 0 N–H and O–H groups in total. The molecular formula is C9H5Br7. The van der Waals surface area contributed by atoms with E-state index < -0.39 is 8.61 Å². The van der Waals surface area contributed by atoms with Crippen LogP contribution < -0.4 is 0 Å². The van der Waals surface area contributed by atoms with E-state index in [0.29, 0.717) is 0 Å². The molecule has 0 aliphatic heterocycles. The van der Waals surface area contributed by atoms with Crippen molar-refractivity contribution in [1.29, 1.82) is 0 Å². The summed E-state index contributed by atoms with van der Waals surface area (Å²) in [7, 11) is 0. The highest BCUT2D eigenvalue weighted by molar-refractivity contribution is 9.41. The highest BCUT2D eigenvalue weighted by atomic mass is 80.0. The zero-order chi connectivity index (χ0) is 12.6. The van der Waals surface area contributed by atoms with Crippen LogP contribution in [0.2, 0.25) is 0 Å². The Hall–Kier alpha value is 2.58. The van der Waals surface area contributed by atoms with Crippen molar-refractivity contribution in [2.75, 3.05) is 0 Å². The molecule has 0 atom stereocenters. The number of hydrogen-bond donors (Lipinski definition) is 0. The van der Waals surface area contributed by atoms with Gasteiger partial charge in [-0.1, -0.05) is 142 Å². The summed E-state index contributed by atoms with van der Waals surface area (Å²) in [4.78, 5) is 0. The van der Waals surface area contributed by atoms with Crippen LogP contribution in [0.3, 0.4) is 0 Å². The van der Waals surface area contributed by atoms with E-state index in [2.05, 4.69) is 112 Å². The van der Waals surface area contributed by atoms with Crippen molar-refractivity contribution >= 4 is 112 Å². The van der Waals surface area contributed by atoms with E-state index in [1.807, 2.05) is 30.3 Å². The van der Waals surface area contributed by atoms with Gasteiger partial charge in [0.05, 0.1) is 0 Å². The summed E-state index contributed by atoms with van der Waals surface area (Å²) in [6.45, 7) is 0. The van der Waals surface area contributed by atoms with Crippen LogP contribution in [0.15, 0.2) is 30.3 Å². The molecule has 0 unspecified atom stereocenters. The molecule has 16 heavy (non-hydrogen) atoms. The minimum absolute atomic E-state index is 0.520. The van der Waals surface area contributed by atoms with Gasteiger partial charge in [0.1, 0.15) is 4.32 Å². The second-order valence-corrected chi connectivity index (χ2v) is 17.7. The topological polar surface area (TPSA) is 0 Å². The van der Waals surface area contributed by atoms with Crippen molar-refractivity contribution in [3.05, 3.63) is 35.9 Å². The van der Waals surface area contributed by atoms with Gasteiger partial charge in [-0.3, -0.25) is 0 Å². The zero-order valence-corrected chi connectivity index (χ0v) is 18.6. The Morgan fingerprint density at radius 2 is 1.00 bits per heavy atom. The van der Waals surface area contributed by atoms with Gasteiger partial charge in [0.15, 0.2) is 4.29 Å². The lowest BCUT2D eigenvalue weighted by atomic mass is 10.0. The van der Waals surface area contributed by atoms with Crippen LogP contribution in [0.25, 0.3) is 0 Å². The number of rotatable bonds is 1. The summed E-state index contributed by atoms with van der Waals surface area (Å²) in [5.41, 5.74) is 1.08. The first-order chi connectivity index (χ1) is 7.11. The molecule has 1 aromatic carbocycles. The van der Waals surface area contributed by atoms with Gasteiger partial charge in [-0.2, -0.15) is 0 Å². The SMILES string of the molecule is BrC(Br)(Br)C(Br)(c1ccccc1)C(Br)(Br)Br. The first-order valence-electron chi connectivity index (χ1n) is 3.98. The average Bonchev–Trinajstić information content (AvgIpc) is 2.14. The first-order valence-corrected chi connectivity index (χ1v) is 9.53. The van der Waals surface area contributed by atoms with Crippen LogP contribution in [0.4, 0.5) is 0 Å². The van der Waals surface area contributed by atoms with E-state index in [1.54, 1.807) is 0 Å². The van der Waals surface area contributed by atoms with Gasteiger partial charge in [0.25, 0.3) is 0 Å². The third kappa shape index (κ3) is 3.37. The monoisotopic (exact) mass is 665 g/mol. The van der Waals surface area contributed by atoms with Gasteiger partial charge in [-0.15, -0.1) is 0 Å². The van der Waals surface area contributed by atoms with Crippen molar-refractivity contribution in [3.8, 4) is 0 Å². The van der Waals surface area contributed by atoms with Crippen LogP contribution in [0.5, 0.6) is 0 Å². The van der Waals surface area contributed by atoms with Crippen molar-refractivity contribution in [3.63, 3.8) is 0 Å². The Morgan fingerprint density at radius 1 is 0.625 bits per heavy atom. The molecule has 0 saturated carbocycles. The minimum Gasteiger partial charge on any atom is -0.0732 e. The summed E-state index contributed by atoms with van der Waals surface area (Å²) in [5.74, 6) is 0. The fourth-order valence-corrected chi connectivity index (χ4v) is 6.97. The van der Waals surface area contributed by atoms with Crippen LogP contribution in [-0.2, 0) is 4.32 Å². The molecule has 0 aliphatic carbocycles. The maximum atomic E-state index is 3.75. The summed E-state index contributed by atoms with van der Waals surface area (Å²) in [5, 5.41) is 0. The Morgan fingerprint density at radius 3 is 1.31 bits per heavy atom. The minimum atomic E-state index is -0.544. The summed E-state index contributed by atoms with van der Waals surface area (Å²) < 4.78 is -1.61. The van der Waals surface area contributed by atoms with Gasteiger partial charge in [0.2, 0.25) is 0 Å². The zero-order valence-electron chi connectivity index (χ0n) is 7.53. The molecule has 0 radical (unpaired) electrons. The van der Waals surface area contributed by atoms with Gasteiger partial charge in [-0.05, 0) is 5.56 Å². The normalized spacial score (nSPS) is 13.9. The molecule has 0 aromatic heterocycles. The lowest BCUT2D eigenvalue weighted by Crippen LogP contribution is -2.43. The molecule has 1 rings (SSSR count). The number of alkyl halides is 7. The number of halogens is 7. The largest absolute Gasteiger partial charge is 0.157 e. The smallest absolute Gasteiger partial charge is 0.0732 e. The predicted octanol–water partition coefficient (Wildman–Crippen LogP) is 6.95. The van der Waals surface area contributed by atoms with Crippen molar-refractivity contribution in [2.45, 2.75) is 8.61 Å². The van der Waals surface area contributed by atoms with Gasteiger partial charge >= 0.3 is 0 Å². The van der Waals surface area contributed by atoms with Crippen LogP contribution in [0, 0.1) is 0 Å². The molecule has 0 amide bonds. The molecule has 0 heterocycles. The fourth-order valence-electron chi connectivity index (χ4n) is 1.16. The van der Waals surface area contributed by atoms with Crippen LogP contribution in [0.1, 0.15) is 5.56 Å². The van der Waals surface area contributed by atoms with E-state index in [-0.39, 0.29) is 0 Å². The summed E-state index contributed by atoms with van der Waals surface area (Å²) >= 11 is 25.2. The maximum Gasteiger partial charge on any atom is 0.157 e. The van der Waals surface area contributed by atoms with E-state index in [1.165, 1.54) is 0 Å². The van der Waals surface area contributed by atoms with Gasteiger partial charge in [0, 0.05) is 0 Å². The molecule has 0 saturated heterocycles. The molecule has 0 nitrogen and oxygen atoms in total. The van der Waals surface area contributed by atoms with Crippen molar-refractivity contribution in [1.82, 2.24) is 0 Å². The molecule has 90 valence electrons. The fraction of sp³-hybridized carbons (Fsp3) is 0.333. The van der Waals surface area contributed by atoms with Crippen LogP contribution in [-0.4, -0.2) is 4.29 Å². The average molecular weight is 672 g/mol. The maximum absolute atomic E-state index is 3.75. The third-order valence-corrected chi connectivity index (χ3v) is 10.4. The van der Waals surface area contributed by atoms with Crippen molar-refractivity contribution in [2.24, 2.45) is 0 Å². The lowest BCUT2D eigenvalue weighted by Gasteiger charge is -2.42. The molecule has 7 heteroatoms. The third-order valence-electron chi connectivity index (χ3n) is 1.95. The van der Waals surface area contributed by atoms with Gasteiger partial charge in [-0.25, -0.2) is 0 Å². The first kappa shape index (κ1) is 16.6. The quantitative estimate of drug-likeness (QED) is 0.284. The predicted molar refractivity (Wildman–Crippen MR) is 96.1 cm³/mol. The van der Waals surface area contributed by atoms with Crippen molar-refractivity contribution < 1.29 is 0 Å². The number of hydrogen-bond acceptors (Lipinski definition) is 0. The van der Waals surface area contributed by atoms with E-state index in [0.717, 1.165) is 5.56 Å². The van der Waals surface area contributed by atoms with E-state index in [4.69, 9.17) is 0 Å². The Labute approximate surface area is 154 Å². The standard InChI is InChI=1S/C9H5Br7/c10-7(8(11,12)13,9(14,15)16)6-4-2-1-3-5-6/h1-5H. The second-order valence-electron chi connectivity index (χ2n) is 3.02. The molecule has 1 aromatic rings. The summed E-state index contributed by atoms with van der Waals surface area (Å²) in [6, 6.07) is 10.0. The van der Waals surface area contributed by atoms with E-state index in [9.17, 15) is 0 Å². The highest BCUT2D eigenvalue weighted by Gasteiger charge is 2.58. The number of benzene rings is 1. The Balaban J connectivity index is 3.39. The Bertz CT molecular complexity index is 334. The summed E-state index contributed by atoms with van der Waals surface area (Å²) in [6.07, 6.45) is 0. The van der Waals surface area contributed by atoms with Crippen LogP contribution >= 0.6 is 112 Å². The molecule has 0 bridgehead atoms. The Kier molecular flexibility index (Phi) is 6.15. The van der Waals surface area contributed by atoms with E-state index >= 15 is 0 Å². The second kappa shape index (κ2) is 5.92. The molecule has 0 fully saturated rings. The molecular weight excluding hydrogens is 667 g/mol. The highest BCUT2D eigenvalue weighted by Crippen LogP contribution is 2.66. The molecule has 0 aliphatic rings. The van der Waals surface area contributed by atoms with Gasteiger partial charge < -0.3 is 0 Å². The molecule has 0 spiro atoms. The lowest BCUT2D eigenvalue weighted by molar-refractivity contribution is 0.753.